The molecule has 2 atom stereocenters. The number of hydrogen-bond donors (Lipinski definition) is 1. The van der Waals surface area contributed by atoms with Crippen molar-refractivity contribution in [2.75, 3.05) is 26.2 Å². The summed E-state index contributed by atoms with van der Waals surface area (Å²) in [5, 5.41) is 3.58. The standard InChI is InChI=1S/C16H31N3O/c1-13(2)18-11-6-7-15(8-12-18)17-14(3)16(20)19-9-4-5-10-19/h13-15,17H,4-12H2,1-3H3. The predicted octanol–water partition coefficient (Wildman–Crippen LogP) is 1.85. The monoisotopic (exact) mass is 281 g/mol. The zero-order valence-electron chi connectivity index (χ0n) is 13.4. The third kappa shape index (κ3) is 4.19. The molecule has 0 aliphatic carbocycles. The van der Waals surface area contributed by atoms with Gasteiger partial charge in [0.1, 0.15) is 0 Å². The topological polar surface area (TPSA) is 35.6 Å². The Morgan fingerprint density at radius 2 is 1.70 bits per heavy atom. The van der Waals surface area contributed by atoms with Gasteiger partial charge in [-0.05, 0) is 66.0 Å². The Morgan fingerprint density at radius 3 is 2.35 bits per heavy atom. The van der Waals surface area contributed by atoms with Crippen LogP contribution in [0, 0.1) is 0 Å². The normalized spacial score (nSPS) is 26.8. The molecule has 2 rings (SSSR count). The van der Waals surface area contributed by atoms with Crippen LogP contribution in [-0.2, 0) is 4.79 Å². The lowest BCUT2D eigenvalue weighted by molar-refractivity contribution is -0.132. The summed E-state index contributed by atoms with van der Waals surface area (Å²) in [6.07, 6.45) is 5.94. The summed E-state index contributed by atoms with van der Waals surface area (Å²) in [5.74, 6) is 0.299. The minimum Gasteiger partial charge on any atom is -0.341 e. The summed E-state index contributed by atoms with van der Waals surface area (Å²) >= 11 is 0. The first kappa shape index (κ1) is 15.8. The van der Waals surface area contributed by atoms with Crippen molar-refractivity contribution in [2.45, 2.75) is 71.0 Å². The quantitative estimate of drug-likeness (QED) is 0.854. The fourth-order valence-corrected chi connectivity index (χ4v) is 3.44. The van der Waals surface area contributed by atoms with Crippen molar-refractivity contribution in [1.82, 2.24) is 15.1 Å². The van der Waals surface area contributed by atoms with Crippen molar-refractivity contribution >= 4 is 5.91 Å². The lowest BCUT2D eigenvalue weighted by Gasteiger charge is -2.26. The SMILES string of the molecule is CC(NC1CCCN(C(C)C)CC1)C(=O)N1CCCC1. The smallest absolute Gasteiger partial charge is 0.239 e. The molecule has 2 saturated heterocycles. The second-order valence-electron chi connectivity index (χ2n) is 6.68. The summed E-state index contributed by atoms with van der Waals surface area (Å²) < 4.78 is 0. The van der Waals surface area contributed by atoms with Crippen LogP contribution in [0.2, 0.25) is 0 Å². The fourth-order valence-electron chi connectivity index (χ4n) is 3.44. The third-order valence-corrected chi connectivity index (χ3v) is 4.77. The Morgan fingerprint density at radius 1 is 1.00 bits per heavy atom. The molecule has 0 aromatic heterocycles. The minimum absolute atomic E-state index is 0.0244. The Balaban J connectivity index is 1.78. The number of carbonyl (C=O) groups excluding carboxylic acids is 1. The van der Waals surface area contributed by atoms with Crippen molar-refractivity contribution in [1.29, 1.82) is 0 Å². The molecular formula is C16H31N3O. The molecular weight excluding hydrogens is 250 g/mol. The molecule has 4 nitrogen and oxygen atoms in total. The molecule has 2 aliphatic rings. The van der Waals surface area contributed by atoms with E-state index in [0.717, 1.165) is 26.1 Å². The first-order chi connectivity index (χ1) is 9.58. The average Bonchev–Trinajstić information content (AvgIpc) is 2.85. The summed E-state index contributed by atoms with van der Waals surface area (Å²) in [5.41, 5.74) is 0. The molecule has 2 unspecified atom stereocenters. The van der Waals surface area contributed by atoms with Crippen LogP contribution in [0.1, 0.15) is 52.9 Å². The number of rotatable bonds is 4. The largest absolute Gasteiger partial charge is 0.341 e. The maximum Gasteiger partial charge on any atom is 0.239 e. The minimum atomic E-state index is -0.0244. The molecule has 2 fully saturated rings. The van der Waals surface area contributed by atoms with E-state index in [9.17, 15) is 4.79 Å². The second-order valence-corrected chi connectivity index (χ2v) is 6.68. The zero-order valence-corrected chi connectivity index (χ0v) is 13.4. The van der Waals surface area contributed by atoms with Crippen LogP contribution in [0.15, 0.2) is 0 Å². The molecule has 0 saturated carbocycles. The highest BCUT2D eigenvalue weighted by Crippen LogP contribution is 2.15. The van der Waals surface area contributed by atoms with Crippen molar-refractivity contribution < 1.29 is 4.79 Å². The number of hydrogen-bond acceptors (Lipinski definition) is 3. The highest BCUT2D eigenvalue weighted by molar-refractivity contribution is 5.81. The molecule has 2 heterocycles. The number of nitrogens with zero attached hydrogens (tertiary/aromatic N) is 2. The van der Waals surface area contributed by atoms with Crippen LogP contribution < -0.4 is 5.32 Å². The van der Waals surface area contributed by atoms with Crippen molar-refractivity contribution in [3.63, 3.8) is 0 Å². The molecule has 0 aromatic rings. The van der Waals surface area contributed by atoms with Gasteiger partial charge in [0.15, 0.2) is 0 Å². The van der Waals surface area contributed by atoms with E-state index in [1.807, 2.05) is 11.8 Å². The Labute approximate surface area is 123 Å². The second kappa shape index (κ2) is 7.41. The lowest BCUT2D eigenvalue weighted by Crippen LogP contribution is -2.47. The number of nitrogens with one attached hydrogen (secondary N) is 1. The van der Waals surface area contributed by atoms with Gasteiger partial charge in [-0.15, -0.1) is 0 Å². The number of likely N-dealkylation sites (tertiary alicyclic amines) is 2. The first-order valence-corrected chi connectivity index (χ1v) is 8.37. The van der Waals surface area contributed by atoms with Gasteiger partial charge >= 0.3 is 0 Å². The van der Waals surface area contributed by atoms with Crippen molar-refractivity contribution in [3.05, 3.63) is 0 Å². The van der Waals surface area contributed by atoms with E-state index >= 15 is 0 Å². The van der Waals surface area contributed by atoms with E-state index in [4.69, 9.17) is 0 Å². The van der Waals surface area contributed by atoms with Crippen LogP contribution >= 0.6 is 0 Å². The molecule has 1 N–H and O–H groups in total. The Kier molecular flexibility index (Phi) is 5.85. The van der Waals surface area contributed by atoms with Crippen LogP contribution in [0.3, 0.4) is 0 Å². The molecule has 2 aliphatic heterocycles. The summed E-state index contributed by atoms with van der Waals surface area (Å²) in [7, 11) is 0. The van der Waals surface area contributed by atoms with Gasteiger partial charge in [-0.3, -0.25) is 4.79 Å². The van der Waals surface area contributed by atoms with Crippen LogP contribution in [0.25, 0.3) is 0 Å². The Bertz CT molecular complexity index is 313. The van der Waals surface area contributed by atoms with Gasteiger partial charge in [0, 0.05) is 25.2 Å². The summed E-state index contributed by atoms with van der Waals surface area (Å²) in [6, 6.07) is 1.11. The van der Waals surface area contributed by atoms with Crippen LogP contribution in [-0.4, -0.2) is 60.0 Å². The molecule has 0 aromatic carbocycles. The lowest BCUT2D eigenvalue weighted by atomic mass is 10.1. The molecule has 20 heavy (non-hydrogen) atoms. The van der Waals surface area contributed by atoms with E-state index in [-0.39, 0.29) is 6.04 Å². The molecule has 4 heteroatoms. The molecule has 0 radical (unpaired) electrons. The van der Waals surface area contributed by atoms with E-state index in [0.29, 0.717) is 18.0 Å². The predicted molar refractivity (Wildman–Crippen MR) is 82.8 cm³/mol. The highest BCUT2D eigenvalue weighted by atomic mass is 16.2. The van der Waals surface area contributed by atoms with Gasteiger partial charge in [-0.1, -0.05) is 0 Å². The van der Waals surface area contributed by atoms with Crippen molar-refractivity contribution in [3.8, 4) is 0 Å². The van der Waals surface area contributed by atoms with Gasteiger partial charge in [-0.25, -0.2) is 0 Å². The van der Waals surface area contributed by atoms with Gasteiger partial charge in [0.2, 0.25) is 5.91 Å². The third-order valence-electron chi connectivity index (χ3n) is 4.77. The van der Waals surface area contributed by atoms with E-state index in [1.165, 1.54) is 32.2 Å². The Hall–Kier alpha value is -0.610. The van der Waals surface area contributed by atoms with E-state index in [1.54, 1.807) is 0 Å². The summed E-state index contributed by atoms with van der Waals surface area (Å²) in [6.45, 7) is 10.8. The first-order valence-electron chi connectivity index (χ1n) is 8.37. The molecule has 116 valence electrons. The van der Waals surface area contributed by atoms with Crippen molar-refractivity contribution in [2.24, 2.45) is 0 Å². The molecule has 0 bridgehead atoms. The number of amides is 1. The van der Waals surface area contributed by atoms with Crippen LogP contribution in [0.5, 0.6) is 0 Å². The average molecular weight is 281 g/mol. The van der Waals surface area contributed by atoms with Crippen LogP contribution in [0.4, 0.5) is 0 Å². The highest BCUT2D eigenvalue weighted by Gasteiger charge is 2.26. The number of carbonyl (C=O) groups is 1. The fraction of sp³-hybridized carbons (Fsp3) is 0.938. The van der Waals surface area contributed by atoms with Gasteiger partial charge in [0.05, 0.1) is 6.04 Å². The maximum atomic E-state index is 12.3. The van der Waals surface area contributed by atoms with E-state index < -0.39 is 0 Å². The maximum absolute atomic E-state index is 12.3. The van der Waals surface area contributed by atoms with E-state index in [2.05, 4.69) is 24.1 Å². The van der Waals surface area contributed by atoms with Gasteiger partial charge in [0.25, 0.3) is 0 Å². The zero-order chi connectivity index (χ0) is 14.5. The van der Waals surface area contributed by atoms with Gasteiger partial charge < -0.3 is 15.1 Å². The summed E-state index contributed by atoms with van der Waals surface area (Å²) in [4.78, 5) is 16.9. The molecule has 1 amide bonds. The molecule has 0 spiro atoms. The van der Waals surface area contributed by atoms with Gasteiger partial charge in [-0.2, -0.15) is 0 Å².